The SMILES string of the molecule is O=CC(C(=S)N1CCOCC1)c1cccc2ccccc12. The Bertz CT molecular complexity index is 659. The lowest BCUT2D eigenvalue weighted by Crippen LogP contribution is -2.42. The van der Waals surface area contributed by atoms with Crippen LogP contribution in [0.3, 0.4) is 0 Å². The van der Waals surface area contributed by atoms with Crippen molar-refractivity contribution in [2.45, 2.75) is 5.92 Å². The standard InChI is InChI=1S/C17H17NO2S/c19-12-16(17(21)18-8-10-20-11-9-18)15-7-3-5-13-4-1-2-6-14(13)15/h1-7,12,16H,8-11H2. The molecule has 0 aromatic heterocycles. The van der Waals surface area contributed by atoms with Crippen molar-refractivity contribution in [2.24, 2.45) is 0 Å². The first-order valence-electron chi connectivity index (χ1n) is 7.11. The number of benzene rings is 2. The fraction of sp³-hybridized carbons (Fsp3) is 0.294. The molecule has 1 aliphatic rings. The average Bonchev–Trinajstić information content (AvgIpc) is 2.56. The number of carbonyl (C=O) groups is 1. The zero-order valence-electron chi connectivity index (χ0n) is 11.7. The van der Waals surface area contributed by atoms with E-state index in [0.717, 1.165) is 35.7 Å². The van der Waals surface area contributed by atoms with Gasteiger partial charge < -0.3 is 14.4 Å². The molecule has 2 aromatic rings. The van der Waals surface area contributed by atoms with Crippen LogP contribution in [0, 0.1) is 0 Å². The molecule has 0 aliphatic carbocycles. The van der Waals surface area contributed by atoms with Gasteiger partial charge in [-0.05, 0) is 16.3 Å². The van der Waals surface area contributed by atoms with Crippen molar-refractivity contribution in [3.05, 3.63) is 48.0 Å². The van der Waals surface area contributed by atoms with Gasteiger partial charge in [0.1, 0.15) is 6.29 Å². The van der Waals surface area contributed by atoms with Crippen molar-refractivity contribution < 1.29 is 9.53 Å². The van der Waals surface area contributed by atoms with Crippen LogP contribution >= 0.6 is 12.2 Å². The molecular formula is C17H17NO2S. The predicted molar refractivity (Wildman–Crippen MR) is 87.7 cm³/mol. The molecule has 0 spiro atoms. The Morgan fingerprint density at radius 3 is 2.62 bits per heavy atom. The van der Waals surface area contributed by atoms with Crippen LogP contribution < -0.4 is 0 Å². The van der Waals surface area contributed by atoms with Crippen LogP contribution in [0.25, 0.3) is 10.8 Å². The summed E-state index contributed by atoms with van der Waals surface area (Å²) in [5.74, 6) is -0.371. The minimum Gasteiger partial charge on any atom is -0.378 e. The van der Waals surface area contributed by atoms with Gasteiger partial charge in [-0.2, -0.15) is 0 Å². The number of hydrogen-bond donors (Lipinski definition) is 0. The van der Waals surface area contributed by atoms with E-state index >= 15 is 0 Å². The van der Waals surface area contributed by atoms with Crippen LogP contribution in [0.1, 0.15) is 11.5 Å². The molecule has 2 aromatic carbocycles. The van der Waals surface area contributed by atoms with Gasteiger partial charge in [0.05, 0.1) is 24.1 Å². The average molecular weight is 299 g/mol. The number of carbonyl (C=O) groups excluding carboxylic acids is 1. The fourth-order valence-corrected chi connectivity index (χ4v) is 3.13. The van der Waals surface area contributed by atoms with E-state index < -0.39 is 0 Å². The number of ether oxygens (including phenoxy) is 1. The Kier molecular flexibility index (Phi) is 4.27. The molecule has 1 unspecified atom stereocenters. The molecule has 3 rings (SSSR count). The van der Waals surface area contributed by atoms with E-state index in [-0.39, 0.29) is 5.92 Å². The molecule has 3 nitrogen and oxygen atoms in total. The van der Waals surface area contributed by atoms with Gasteiger partial charge in [-0.25, -0.2) is 0 Å². The van der Waals surface area contributed by atoms with Gasteiger partial charge in [0, 0.05) is 13.1 Å². The molecule has 0 radical (unpaired) electrons. The first-order chi connectivity index (χ1) is 10.3. The molecule has 1 aliphatic heterocycles. The minimum absolute atomic E-state index is 0.371. The molecule has 0 amide bonds. The van der Waals surface area contributed by atoms with Crippen LogP contribution in [-0.2, 0) is 9.53 Å². The second-order valence-electron chi connectivity index (χ2n) is 5.12. The number of morpholine rings is 1. The summed E-state index contributed by atoms with van der Waals surface area (Å²) in [5.41, 5.74) is 0.986. The summed E-state index contributed by atoms with van der Waals surface area (Å²) in [5, 5.41) is 2.22. The lowest BCUT2D eigenvalue weighted by Gasteiger charge is -2.31. The normalized spacial score (nSPS) is 16.7. The first-order valence-corrected chi connectivity index (χ1v) is 7.51. The quantitative estimate of drug-likeness (QED) is 0.644. The van der Waals surface area contributed by atoms with Crippen LogP contribution in [-0.4, -0.2) is 42.5 Å². The Labute approximate surface area is 129 Å². The number of rotatable bonds is 3. The highest BCUT2D eigenvalue weighted by molar-refractivity contribution is 7.80. The molecule has 0 saturated carbocycles. The number of aldehydes is 1. The van der Waals surface area contributed by atoms with E-state index in [0.29, 0.717) is 18.2 Å². The second kappa shape index (κ2) is 6.33. The maximum absolute atomic E-state index is 11.7. The topological polar surface area (TPSA) is 29.5 Å². The molecular weight excluding hydrogens is 282 g/mol. The van der Waals surface area contributed by atoms with Crippen LogP contribution in [0.15, 0.2) is 42.5 Å². The Morgan fingerprint density at radius 2 is 1.86 bits per heavy atom. The largest absolute Gasteiger partial charge is 0.378 e. The van der Waals surface area contributed by atoms with E-state index in [4.69, 9.17) is 17.0 Å². The smallest absolute Gasteiger partial charge is 0.134 e. The number of fused-ring (bicyclic) bond motifs is 1. The number of thiocarbonyl (C=S) groups is 1. The third-order valence-corrected chi connectivity index (χ3v) is 4.40. The molecule has 1 saturated heterocycles. The van der Waals surface area contributed by atoms with E-state index in [1.54, 1.807) is 0 Å². The first kappa shape index (κ1) is 14.2. The van der Waals surface area contributed by atoms with E-state index in [1.807, 2.05) is 30.3 Å². The van der Waals surface area contributed by atoms with Crippen molar-refractivity contribution in [1.29, 1.82) is 0 Å². The zero-order chi connectivity index (χ0) is 14.7. The lowest BCUT2D eigenvalue weighted by molar-refractivity contribution is -0.108. The molecule has 21 heavy (non-hydrogen) atoms. The lowest BCUT2D eigenvalue weighted by atomic mass is 9.93. The molecule has 1 fully saturated rings. The Morgan fingerprint density at radius 1 is 1.14 bits per heavy atom. The summed E-state index contributed by atoms with van der Waals surface area (Å²) in [6, 6.07) is 14.1. The Hall–Kier alpha value is -1.78. The van der Waals surface area contributed by atoms with Crippen molar-refractivity contribution in [3.8, 4) is 0 Å². The van der Waals surface area contributed by atoms with Gasteiger partial charge in [-0.15, -0.1) is 0 Å². The maximum Gasteiger partial charge on any atom is 0.134 e. The van der Waals surface area contributed by atoms with Gasteiger partial charge in [0.25, 0.3) is 0 Å². The zero-order valence-corrected chi connectivity index (χ0v) is 12.5. The van der Waals surface area contributed by atoms with Crippen LogP contribution in [0.2, 0.25) is 0 Å². The van der Waals surface area contributed by atoms with Crippen LogP contribution in [0.4, 0.5) is 0 Å². The third kappa shape index (κ3) is 2.82. The number of nitrogens with zero attached hydrogens (tertiary/aromatic N) is 1. The predicted octanol–water partition coefficient (Wildman–Crippen LogP) is 2.78. The highest BCUT2D eigenvalue weighted by Gasteiger charge is 2.24. The van der Waals surface area contributed by atoms with E-state index in [1.165, 1.54) is 0 Å². The fourth-order valence-electron chi connectivity index (χ4n) is 2.77. The Balaban J connectivity index is 1.98. The highest BCUT2D eigenvalue weighted by atomic mass is 32.1. The molecule has 0 N–H and O–H groups in total. The van der Waals surface area contributed by atoms with Crippen molar-refractivity contribution in [1.82, 2.24) is 4.90 Å². The molecule has 0 bridgehead atoms. The van der Waals surface area contributed by atoms with E-state index in [2.05, 4.69) is 17.0 Å². The van der Waals surface area contributed by atoms with E-state index in [9.17, 15) is 4.79 Å². The van der Waals surface area contributed by atoms with Crippen molar-refractivity contribution >= 4 is 34.3 Å². The summed E-state index contributed by atoms with van der Waals surface area (Å²) in [4.78, 5) is 14.5. The molecule has 4 heteroatoms. The summed E-state index contributed by atoms with van der Waals surface area (Å²) in [6.07, 6.45) is 0.958. The second-order valence-corrected chi connectivity index (χ2v) is 5.54. The highest BCUT2D eigenvalue weighted by Crippen LogP contribution is 2.27. The summed E-state index contributed by atoms with van der Waals surface area (Å²) >= 11 is 5.58. The molecule has 108 valence electrons. The summed E-state index contributed by atoms with van der Waals surface area (Å²) in [7, 11) is 0. The molecule has 1 heterocycles. The minimum atomic E-state index is -0.371. The van der Waals surface area contributed by atoms with Gasteiger partial charge in [-0.1, -0.05) is 54.7 Å². The monoisotopic (exact) mass is 299 g/mol. The van der Waals surface area contributed by atoms with Gasteiger partial charge >= 0.3 is 0 Å². The van der Waals surface area contributed by atoms with Crippen molar-refractivity contribution in [3.63, 3.8) is 0 Å². The van der Waals surface area contributed by atoms with Crippen molar-refractivity contribution in [2.75, 3.05) is 26.3 Å². The summed E-state index contributed by atoms with van der Waals surface area (Å²) in [6.45, 7) is 2.85. The van der Waals surface area contributed by atoms with Crippen LogP contribution in [0.5, 0.6) is 0 Å². The third-order valence-electron chi connectivity index (χ3n) is 3.88. The van der Waals surface area contributed by atoms with Gasteiger partial charge in [-0.3, -0.25) is 0 Å². The number of hydrogen-bond acceptors (Lipinski definition) is 3. The van der Waals surface area contributed by atoms with Gasteiger partial charge in [0.15, 0.2) is 0 Å². The summed E-state index contributed by atoms with van der Waals surface area (Å²) < 4.78 is 5.35. The van der Waals surface area contributed by atoms with Gasteiger partial charge in [0.2, 0.25) is 0 Å². The maximum atomic E-state index is 11.7. The molecule has 1 atom stereocenters.